The summed E-state index contributed by atoms with van der Waals surface area (Å²) in [6, 6.07) is 17.6. The molecule has 1 atom stereocenters. The highest BCUT2D eigenvalue weighted by molar-refractivity contribution is 5.76. The number of aryl methyl sites for hydroxylation is 1. The molecule has 5 nitrogen and oxygen atoms in total. The first-order chi connectivity index (χ1) is 14.6. The van der Waals surface area contributed by atoms with Crippen molar-refractivity contribution >= 4 is 5.91 Å². The zero-order chi connectivity index (χ0) is 20.7. The number of rotatable bonds is 6. The second kappa shape index (κ2) is 7.71. The van der Waals surface area contributed by atoms with Crippen molar-refractivity contribution in [2.75, 3.05) is 6.54 Å². The summed E-state index contributed by atoms with van der Waals surface area (Å²) in [5, 5.41) is 7.13. The molecule has 2 aromatic carbocycles. The van der Waals surface area contributed by atoms with Crippen LogP contribution in [0.5, 0.6) is 0 Å². The van der Waals surface area contributed by atoms with Crippen LogP contribution >= 0.6 is 0 Å². The van der Waals surface area contributed by atoms with Gasteiger partial charge < -0.3 is 9.84 Å². The lowest BCUT2D eigenvalue weighted by molar-refractivity contribution is -0.121. The summed E-state index contributed by atoms with van der Waals surface area (Å²) >= 11 is 0. The smallest absolute Gasteiger partial charge is 0.227 e. The number of fused-ring (bicyclic) bond motifs is 1. The van der Waals surface area contributed by atoms with Gasteiger partial charge in [-0.3, -0.25) is 4.79 Å². The van der Waals surface area contributed by atoms with Crippen molar-refractivity contribution in [2.24, 2.45) is 5.92 Å². The number of nitrogens with zero attached hydrogens (tertiary/aromatic N) is 2. The van der Waals surface area contributed by atoms with Crippen LogP contribution in [0.15, 0.2) is 53.1 Å². The largest absolute Gasteiger partial charge is 0.356 e. The molecular formula is C25H27N3O2. The second-order valence-corrected chi connectivity index (χ2v) is 8.79. The third-order valence-electron chi connectivity index (χ3n) is 6.55. The van der Waals surface area contributed by atoms with Crippen LogP contribution in [0.25, 0.3) is 0 Å². The van der Waals surface area contributed by atoms with Gasteiger partial charge in [0.15, 0.2) is 5.82 Å². The normalized spacial score (nSPS) is 21.4. The lowest BCUT2D eigenvalue weighted by Gasteiger charge is -2.45. The topological polar surface area (TPSA) is 68.0 Å². The van der Waals surface area contributed by atoms with Crippen molar-refractivity contribution < 1.29 is 9.32 Å². The Morgan fingerprint density at radius 2 is 1.70 bits per heavy atom. The molecule has 5 heteroatoms. The van der Waals surface area contributed by atoms with Gasteiger partial charge in [0, 0.05) is 37.1 Å². The highest BCUT2D eigenvalue weighted by Crippen LogP contribution is 2.55. The molecule has 0 fully saturated rings. The zero-order valence-corrected chi connectivity index (χ0v) is 17.5. The summed E-state index contributed by atoms with van der Waals surface area (Å²) < 4.78 is 5.25. The number of hydrogen-bond acceptors (Lipinski definition) is 4. The highest BCUT2D eigenvalue weighted by Gasteiger charge is 2.42. The molecule has 0 radical (unpaired) electrons. The van der Waals surface area contributed by atoms with E-state index >= 15 is 0 Å². The molecule has 1 aromatic heterocycles. The molecule has 0 spiro atoms. The Balaban J connectivity index is 1.25. The molecule has 30 heavy (non-hydrogen) atoms. The van der Waals surface area contributed by atoms with Crippen LogP contribution in [0, 0.1) is 5.92 Å². The van der Waals surface area contributed by atoms with Crippen molar-refractivity contribution in [3.05, 3.63) is 82.5 Å². The van der Waals surface area contributed by atoms with Gasteiger partial charge in [0.05, 0.1) is 0 Å². The van der Waals surface area contributed by atoms with Gasteiger partial charge in [-0.15, -0.1) is 0 Å². The van der Waals surface area contributed by atoms with Crippen molar-refractivity contribution in [2.45, 2.75) is 50.9 Å². The SMILES string of the molecule is CC(C)c1noc(CCC(=O)NCC2CC3c4ccccc4C2c2ccccc23)n1. The van der Waals surface area contributed by atoms with Gasteiger partial charge in [0.2, 0.25) is 11.8 Å². The Kier molecular flexibility index (Phi) is 4.89. The molecular weight excluding hydrogens is 374 g/mol. The summed E-state index contributed by atoms with van der Waals surface area (Å²) in [5.41, 5.74) is 5.78. The molecule has 1 unspecified atom stereocenters. The molecule has 0 saturated carbocycles. The van der Waals surface area contributed by atoms with Crippen LogP contribution < -0.4 is 5.32 Å². The predicted octanol–water partition coefficient (Wildman–Crippen LogP) is 4.54. The summed E-state index contributed by atoms with van der Waals surface area (Å²) in [5.74, 6) is 2.70. The Hall–Kier alpha value is -2.95. The number of hydrogen-bond donors (Lipinski definition) is 1. The second-order valence-electron chi connectivity index (χ2n) is 8.79. The zero-order valence-electron chi connectivity index (χ0n) is 17.5. The van der Waals surface area contributed by atoms with Crippen molar-refractivity contribution in [1.82, 2.24) is 15.5 Å². The number of aromatic nitrogens is 2. The van der Waals surface area contributed by atoms with Gasteiger partial charge in [-0.25, -0.2) is 0 Å². The fourth-order valence-corrected chi connectivity index (χ4v) is 5.12. The molecule has 1 N–H and O–H groups in total. The molecule has 6 rings (SSSR count). The molecule has 1 heterocycles. The first kappa shape index (κ1) is 19.0. The Bertz CT molecular complexity index is 1020. The number of amides is 1. The first-order valence-electron chi connectivity index (χ1n) is 10.9. The van der Waals surface area contributed by atoms with Gasteiger partial charge in [-0.05, 0) is 34.6 Å². The number of benzene rings is 2. The molecule has 3 aliphatic rings. The van der Waals surface area contributed by atoms with E-state index in [1.165, 1.54) is 22.3 Å². The van der Waals surface area contributed by atoms with E-state index in [1.807, 2.05) is 13.8 Å². The predicted molar refractivity (Wildman–Crippen MR) is 114 cm³/mol. The van der Waals surface area contributed by atoms with Crippen LogP contribution in [0.1, 0.15) is 78.4 Å². The fourth-order valence-electron chi connectivity index (χ4n) is 5.12. The van der Waals surface area contributed by atoms with E-state index in [0.717, 1.165) is 6.42 Å². The van der Waals surface area contributed by atoms with E-state index in [0.29, 0.717) is 48.9 Å². The Labute approximate surface area is 176 Å². The molecule has 1 amide bonds. The third kappa shape index (κ3) is 3.32. The van der Waals surface area contributed by atoms with Crippen LogP contribution in [0.4, 0.5) is 0 Å². The van der Waals surface area contributed by atoms with Crippen LogP contribution in [0.2, 0.25) is 0 Å². The van der Waals surface area contributed by atoms with E-state index < -0.39 is 0 Å². The molecule has 2 bridgehead atoms. The standard InChI is InChI=1S/C25H27N3O2/c1-15(2)25-27-23(30-28-25)12-11-22(29)26-14-16-13-21-17-7-3-5-9-19(17)24(16)20-10-6-4-8-18(20)21/h3-10,15-16,21,24H,11-14H2,1-2H3,(H,26,29). The monoisotopic (exact) mass is 401 g/mol. The van der Waals surface area contributed by atoms with Gasteiger partial charge in [0.25, 0.3) is 0 Å². The van der Waals surface area contributed by atoms with Crippen LogP contribution in [-0.4, -0.2) is 22.6 Å². The van der Waals surface area contributed by atoms with Gasteiger partial charge in [0.1, 0.15) is 0 Å². The number of nitrogens with one attached hydrogen (secondary N) is 1. The van der Waals surface area contributed by atoms with Crippen molar-refractivity contribution in [1.29, 1.82) is 0 Å². The van der Waals surface area contributed by atoms with E-state index in [-0.39, 0.29) is 11.8 Å². The Morgan fingerprint density at radius 1 is 1.07 bits per heavy atom. The maximum Gasteiger partial charge on any atom is 0.227 e. The third-order valence-corrected chi connectivity index (χ3v) is 6.55. The van der Waals surface area contributed by atoms with Crippen LogP contribution in [0.3, 0.4) is 0 Å². The molecule has 3 aromatic rings. The van der Waals surface area contributed by atoms with E-state index in [9.17, 15) is 4.79 Å². The lowest BCUT2D eigenvalue weighted by Crippen LogP contribution is -2.39. The average Bonchev–Trinajstić information content (AvgIpc) is 3.26. The molecule has 0 saturated heterocycles. The minimum atomic E-state index is 0.0438. The van der Waals surface area contributed by atoms with Gasteiger partial charge in [-0.2, -0.15) is 4.98 Å². The summed E-state index contributed by atoms with van der Waals surface area (Å²) in [4.78, 5) is 16.9. The van der Waals surface area contributed by atoms with Crippen LogP contribution in [-0.2, 0) is 11.2 Å². The quantitative estimate of drug-likeness (QED) is 0.658. The molecule has 0 aliphatic heterocycles. The first-order valence-corrected chi connectivity index (χ1v) is 10.9. The minimum absolute atomic E-state index is 0.0438. The van der Waals surface area contributed by atoms with Crippen molar-refractivity contribution in [3.63, 3.8) is 0 Å². The van der Waals surface area contributed by atoms with Crippen molar-refractivity contribution in [3.8, 4) is 0 Å². The number of carbonyl (C=O) groups is 1. The summed E-state index contributed by atoms with van der Waals surface area (Å²) in [6.07, 6.45) is 1.93. The minimum Gasteiger partial charge on any atom is -0.356 e. The number of carbonyl (C=O) groups excluding carboxylic acids is 1. The van der Waals surface area contributed by atoms with Gasteiger partial charge in [-0.1, -0.05) is 67.5 Å². The van der Waals surface area contributed by atoms with E-state index in [1.54, 1.807) is 0 Å². The van der Waals surface area contributed by atoms with Gasteiger partial charge >= 0.3 is 0 Å². The highest BCUT2D eigenvalue weighted by atomic mass is 16.5. The maximum absolute atomic E-state index is 12.5. The fraction of sp³-hybridized carbons (Fsp3) is 0.400. The molecule has 154 valence electrons. The van der Waals surface area contributed by atoms with E-state index in [2.05, 4.69) is 64.0 Å². The summed E-state index contributed by atoms with van der Waals surface area (Å²) in [7, 11) is 0. The lowest BCUT2D eigenvalue weighted by atomic mass is 9.59. The average molecular weight is 402 g/mol. The summed E-state index contributed by atoms with van der Waals surface area (Å²) in [6.45, 7) is 4.74. The Morgan fingerprint density at radius 3 is 2.30 bits per heavy atom. The maximum atomic E-state index is 12.5. The molecule has 3 aliphatic carbocycles. The van der Waals surface area contributed by atoms with E-state index in [4.69, 9.17) is 4.52 Å².